The molecule has 1 aliphatic heterocycles. The summed E-state index contributed by atoms with van der Waals surface area (Å²) in [4.78, 5) is 28.1. The number of ether oxygens (including phenoxy) is 1. The summed E-state index contributed by atoms with van der Waals surface area (Å²) in [5.41, 5.74) is 0.693. The SMILES string of the molecule is CC(C)Oc1ccc(F)cc1N1CCN(CC(O)CNC(=O)C2CC(O)C(O)CC2C(=O)O)CC1. The number of carboxylic acids is 1. The van der Waals surface area contributed by atoms with E-state index in [0.29, 0.717) is 44.2 Å². The highest BCUT2D eigenvalue weighted by molar-refractivity contribution is 5.85. The van der Waals surface area contributed by atoms with Gasteiger partial charge in [-0.3, -0.25) is 14.5 Å². The average molecular weight is 498 g/mol. The van der Waals surface area contributed by atoms with Crippen LogP contribution >= 0.6 is 0 Å². The van der Waals surface area contributed by atoms with Crippen LogP contribution in [-0.4, -0.2) is 101 Å². The van der Waals surface area contributed by atoms with Crippen molar-refractivity contribution in [2.45, 2.75) is 51.1 Å². The Morgan fingerprint density at radius 3 is 2.34 bits per heavy atom. The summed E-state index contributed by atoms with van der Waals surface area (Å²) >= 11 is 0. The molecule has 1 aliphatic carbocycles. The highest BCUT2D eigenvalue weighted by atomic mass is 19.1. The monoisotopic (exact) mass is 497 g/mol. The normalized spacial score (nSPS) is 26.4. The molecule has 0 radical (unpaired) electrons. The molecule has 5 N–H and O–H groups in total. The predicted molar refractivity (Wildman–Crippen MR) is 126 cm³/mol. The first kappa shape index (κ1) is 27.1. The first-order chi connectivity index (χ1) is 16.5. The van der Waals surface area contributed by atoms with Gasteiger partial charge in [0.25, 0.3) is 0 Å². The number of nitrogens with one attached hydrogen (secondary N) is 1. The molecule has 10 nitrogen and oxygen atoms in total. The number of aliphatic hydroxyl groups is 3. The largest absolute Gasteiger partial charge is 0.489 e. The van der Waals surface area contributed by atoms with Gasteiger partial charge in [0.15, 0.2) is 0 Å². The summed E-state index contributed by atoms with van der Waals surface area (Å²) < 4.78 is 19.7. The van der Waals surface area contributed by atoms with Crippen molar-refractivity contribution in [3.63, 3.8) is 0 Å². The number of anilines is 1. The Bertz CT molecular complexity index is 879. The van der Waals surface area contributed by atoms with Crippen LogP contribution in [0.2, 0.25) is 0 Å². The number of hydrogen-bond acceptors (Lipinski definition) is 8. The molecule has 5 unspecified atom stereocenters. The molecule has 11 heteroatoms. The van der Waals surface area contributed by atoms with Gasteiger partial charge in [-0.25, -0.2) is 4.39 Å². The van der Waals surface area contributed by atoms with E-state index in [0.717, 1.165) is 0 Å². The molecular formula is C24H36FN3O7. The zero-order valence-corrected chi connectivity index (χ0v) is 20.1. The maximum atomic E-state index is 13.9. The number of β-amino-alcohol motifs (C(OH)–C–C–N with tert-alkyl or cyclic N) is 1. The number of carbonyl (C=O) groups excluding carboxylic acids is 1. The van der Waals surface area contributed by atoms with Gasteiger partial charge < -0.3 is 35.4 Å². The summed E-state index contributed by atoms with van der Waals surface area (Å²) in [7, 11) is 0. The molecule has 1 amide bonds. The van der Waals surface area contributed by atoms with Crippen LogP contribution in [0.25, 0.3) is 0 Å². The predicted octanol–water partition coefficient (Wildman–Crippen LogP) is 0.0446. The van der Waals surface area contributed by atoms with Gasteiger partial charge in [-0.1, -0.05) is 0 Å². The smallest absolute Gasteiger partial charge is 0.307 e. The fraction of sp³-hybridized carbons (Fsp3) is 0.667. The van der Waals surface area contributed by atoms with Crippen molar-refractivity contribution in [1.29, 1.82) is 0 Å². The van der Waals surface area contributed by atoms with Crippen LogP contribution in [0.4, 0.5) is 10.1 Å². The average Bonchev–Trinajstić information content (AvgIpc) is 2.80. The third-order valence-corrected chi connectivity index (χ3v) is 6.55. The Morgan fingerprint density at radius 1 is 1.11 bits per heavy atom. The molecule has 5 atom stereocenters. The quantitative estimate of drug-likeness (QED) is 0.320. The van der Waals surface area contributed by atoms with Crippen LogP contribution in [0.5, 0.6) is 5.75 Å². The maximum Gasteiger partial charge on any atom is 0.307 e. The van der Waals surface area contributed by atoms with Crippen molar-refractivity contribution < 1.29 is 39.1 Å². The number of rotatable bonds is 9. The molecule has 1 aromatic rings. The minimum Gasteiger partial charge on any atom is -0.489 e. The molecule has 1 saturated heterocycles. The topological polar surface area (TPSA) is 143 Å². The summed E-state index contributed by atoms with van der Waals surface area (Å²) in [5.74, 6) is -3.54. The van der Waals surface area contributed by atoms with Crippen molar-refractivity contribution in [1.82, 2.24) is 10.2 Å². The number of amides is 1. The molecule has 196 valence electrons. The van der Waals surface area contributed by atoms with Crippen LogP contribution in [0.3, 0.4) is 0 Å². The number of piperazine rings is 1. The van der Waals surface area contributed by atoms with Crippen LogP contribution < -0.4 is 15.0 Å². The van der Waals surface area contributed by atoms with Crippen molar-refractivity contribution in [3.8, 4) is 5.75 Å². The number of nitrogens with zero attached hydrogens (tertiary/aromatic N) is 2. The van der Waals surface area contributed by atoms with E-state index in [1.54, 1.807) is 6.07 Å². The lowest BCUT2D eigenvalue weighted by Crippen LogP contribution is -2.51. The van der Waals surface area contributed by atoms with Gasteiger partial charge in [0, 0.05) is 45.3 Å². The number of aliphatic carboxylic acids is 1. The van der Waals surface area contributed by atoms with Crippen molar-refractivity contribution >= 4 is 17.6 Å². The number of hydrogen-bond donors (Lipinski definition) is 5. The number of halogens is 1. The zero-order valence-electron chi connectivity index (χ0n) is 20.1. The van der Waals surface area contributed by atoms with Crippen LogP contribution in [0.1, 0.15) is 26.7 Å². The molecule has 2 fully saturated rings. The van der Waals surface area contributed by atoms with E-state index < -0.39 is 42.0 Å². The zero-order chi connectivity index (χ0) is 25.7. The number of benzene rings is 1. The Morgan fingerprint density at radius 2 is 1.74 bits per heavy atom. The highest BCUT2D eigenvalue weighted by Crippen LogP contribution is 2.32. The lowest BCUT2D eigenvalue weighted by atomic mass is 9.76. The van der Waals surface area contributed by atoms with Gasteiger partial charge in [-0.15, -0.1) is 0 Å². The number of aliphatic hydroxyl groups excluding tert-OH is 3. The van der Waals surface area contributed by atoms with Gasteiger partial charge in [-0.2, -0.15) is 0 Å². The Hall–Kier alpha value is -2.47. The maximum absolute atomic E-state index is 13.9. The van der Waals surface area contributed by atoms with Crippen molar-refractivity contribution in [2.24, 2.45) is 11.8 Å². The van der Waals surface area contributed by atoms with E-state index in [9.17, 15) is 34.4 Å². The third kappa shape index (κ3) is 7.26. The van der Waals surface area contributed by atoms with Crippen LogP contribution in [0, 0.1) is 17.7 Å². The van der Waals surface area contributed by atoms with Crippen molar-refractivity contribution in [2.75, 3.05) is 44.2 Å². The minimum absolute atomic E-state index is 0.0430. The summed E-state index contributed by atoms with van der Waals surface area (Å²) in [6.45, 7) is 6.53. The Balaban J connectivity index is 1.48. The van der Waals surface area contributed by atoms with E-state index in [1.807, 2.05) is 23.6 Å². The number of carboxylic acid groups (broad SMARTS) is 1. The molecule has 3 rings (SSSR count). The minimum atomic E-state index is -1.20. The lowest BCUT2D eigenvalue weighted by Gasteiger charge is -2.37. The second-order valence-electron chi connectivity index (χ2n) is 9.62. The number of carbonyl (C=O) groups is 2. The Kier molecular flexibility index (Phi) is 9.28. The fourth-order valence-electron chi connectivity index (χ4n) is 4.70. The van der Waals surface area contributed by atoms with E-state index in [-0.39, 0.29) is 31.3 Å². The van der Waals surface area contributed by atoms with E-state index in [2.05, 4.69) is 5.32 Å². The van der Waals surface area contributed by atoms with Gasteiger partial charge in [0.05, 0.1) is 41.9 Å². The van der Waals surface area contributed by atoms with Crippen molar-refractivity contribution in [3.05, 3.63) is 24.0 Å². The second kappa shape index (κ2) is 12.0. The molecule has 0 spiro atoms. The van der Waals surface area contributed by atoms with E-state index in [1.165, 1.54) is 12.1 Å². The molecule has 0 bridgehead atoms. The summed E-state index contributed by atoms with van der Waals surface area (Å²) in [6, 6.07) is 4.46. The molecule has 2 aliphatic rings. The molecule has 1 saturated carbocycles. The summed E-state index contributed by atoms with van der Waals surface area (Å²) in [5, 5.41) is 42.0. The van der Waals surface area contributed by atoms with Gasteiger partial charge in [0.2, 0.25) is 5.91 Å². The fourth-order valence-corrected chi connectivity index (χ4v) is 4.70. The second-order valence-corrected chi connectivity index (χ2v) is 9.62. The van der Waals surface area contributed by atoms with Gasteiger partial charge >= 0.3 is 5.97 Å². The molecule has 1 aromatic carbocycles. The van der Waals surface area contributed by atoms with Crippen LogP contribution in [0.15, 0.2) is 18.2 Å². The van der Waals surface area contributed by atoms with Gasteiger partial charge in [-0.05, 0) is 38.8 Å². The van der Waals surface area contributed by atoms with Gasteiger partial charge in [0.1, 0.15) is 11.6 Å². The first-order valence-electron chi connectivity index (χ1n) is 12.0. The summed E-state index contributed by atoms with van der Waals surface area (Å²) in [6.07, 6.45) is -3.60. The lowest BCUT2D eigenvalue weighted by molar-refractivity contribution is -0.155. The van der Waals surface area contributed by atoms with E-state index >= 15 is 0 Å². The van der Waals surface area contributed by atoms with Crippen LogP contribution in [-0.2, 0) is 9.59 Å². The molecule has 0 aromatic heterocycles. The third-order valence-electron chi connectivity index (χ3n) is 6.55. The Labute approximate surface area is 204 Å². The molecule has 1 heterocycles. The standard InChI is InChI=1S/C24H36FN3O7/c1-14(2)35-22-4-3-15(25)9-19(22)28-7-5-27(6-8-28)13-16(29)12-26-23(32)17-10-20(30)21(31)11-18(17)24(33)34/h3-4,9,14,16-18,20-21,29-31H,5-8,10-13H2,1-2H3,(H,26,32)(H,33,34). The molecule has 35 heavy (non-hydrogen) atoms. The first-order valence-corrected chi connectivity index (χ1v) is 12.0. The van der Waals surface area contributed by atoms with E-state index in [4.69, 9.17) is 4.74 Å². The molecular weight excluding hydrogens is 461 g/mol. The highest BCUT2D eigenvalue weighted by Gasteiger charge is 2.43.